The van der Waals surface area contributed by atoms with Crippen molar-refractivity contribution in [1.29, 1.82) is 0 Å². The predicted octanol–water partition coefficient (Wildman–Crippen LogP) is 2.78. The second-order valence-corrected chi connectivity index (χ2v) is 7.19. The molecule has 5 nitrogen and oxygen atoms in total. The SMILES string of the molecule is CNCC(=Cc1nc(Br)ccc1O)B1OC(C)(C)C(C)(C)O1. The summed E-state index contributed by atoms with van der Waals surface area (Å²) in [6.45, 7) is 8.62. The molecule has 0 bridgehead atoms. The fourth-order valence-electron chi connectivity index (χ4n) is 2.13. The molecule has 0 saturated carbocycles. The summed E-state index contributed by atoms with van der Waals surface area (Å²) < 4.78 is 12.8. The molecule has 0 atom stereocenters. The molecule has 22 heavy (non-hydrogen) atoms. The Bertz CT molecular complexity index is 574. The first-order chi connectivity index (χ1) is 10.2. The molecule has 1 fully saturated rings. The predicted molar refractivity (Wildman–Crippen MR) is 91.6 cm³/mol. The number of pyridine rings is 1. The Kier molecular flexibility index (Phi) is 5.01. The molecule has 2 N–H and O–H groups in total. The fraction of sp³-hybridized carbons (Fsp3) is 0.533. The van der Waals surface area contributed by atoms with Gasteiger partial charge in [0.1, 0.15) is 16.0 Å². The standard InChI is InChI=1S/C15H22BBrN2O3/c1-14(2)15(3,4)22-16(21-14)10(9-18-5)8-11-12(20)6-7-13(17)19-11/h6-8,18,20H,9H2,1-5H3. The summed E-state index contributed by atoms with van der Waals surface area (Å²) in [7, 11) is 1.38. The number of likely N-dealkylation sites (N-methyl/N-ethyl adjacent to an activating group) is 1. The topological polar surface area (TPSA) is 63.6 Å². The summed E-state index contributed by atoms with van der Waals surface area (Å²) in [5, 5.41) is 13.1. The quantitative estimate of drug-likeness (QED) is 0.632. The summed E-state index contributed by atoms with van der Waals surface area (Å²) in [5.74, 6) is 0.119. The first-order valence-corrected chi connectivity index (χ1v) is 8.02. The summed E-state index contributed by atoms with van der Waals surface area (Å²) >= 11 is 3.32. The van der Waals surface area contributed by atoms with Gasteiger partial charge in [-0.2, -0.15) is 0 Å². The molecule has 0 radical (unpaired) electrons. The average Bonchev–Trinajstić information content (AvgIpc) is 2.62. The fourth-order valence-corrected chi connectivity index (χ4v) is 2.45. The molecule has 0 aromatic carbocycles. The molecule has 120 valence electrons. The van der Waals surface area contributed by atoms with Crippen LogP contribution in [0.25, 0.3) is 6.08 Å². The molecule has 1 saturated heterocycles. The monoisotopic (exact) mass is 368 g/mol. The van der Waals surface area contributed by atoms with Gasteiger partial charge in [0.15, 0.2) is 0 Å². The number of nitrogens with zero attached hydrogens (tertiary/aromatic N) is 1. The third kappa shape index (κ3) is 3.54. The Morgan fingerprint density at radius 3 is 2.45 bits per heavy atom. The summed E-state index contributed by atoms with van der Waals surface area (Å²) in [6.07, 6.45) is 1.80. The zero-order valence-corrected chi connectivity index (χ0v) is 15.2. The second kappa shape index (κ2) is 6.32. The van der Waals surface area contributed by atoms with Gasteiger partial charge in [-0.25, -0.2) is 4.98 Å². The van der Waals surface area contributed by atoms with Gasteiger partial charge in [-0.3, -0.25) is 0 Å². The van der Waals surface area contributed by atoms with Gasteiger partial charge in [0.2, 0.25) is 0 Å². The van der Waals surface area contributed by atoms with Crippen LogP contribution in [0.4, 0.5) is 0 Å². The van der Waals surface area contributed by atoms with Crippen molar-refractivity contribution in [3.8, 4) is 5.75 Å². The van der Waals surface area contributed by atoms with Crippen molar-refractivity contribution in [1.82, 2.24) is 10.3 Å². The van der Waals surface area contributed by atoms with E-state index in [0.717, 1.165) is 5.47 Å². The van der Waals surface area contributed by atoms with E-state index < -0.39 is 18.3 Å². The van der Waals surface area contributed by atoms with E-state index in [1.165, 1.54) is 0 Å². The zero-order valence-electron chi connectivity index (χ0n) is 13.6. The minimum atomic E-state index is -0.474. The van der Waals surface area contributed by atoms with E-state index in [4.69, 9.17) is 9.31 Å². The molecule has 0 aliphatic carbocycles. The number of hydrogen-bond donors (Lipinski definition) is 2. The van der Waals surface area contributed by atoms with E-state index in [1.54, 1.807) is 18.2 Å². The lowest BCUT2D eigenvalue weighted by Crippen LogP contribution is -2.41. The van der Waals surface area contributed by atoms with Crippen LogP contribution in [0, 0.1) is 0 Å². The van der Waals surface area contributed by atoms with E-state index in [9.17, 15) is 5.11 Å². The van der Waals surface area contributed by atoms with E-state index in [0.29, 0.717) is 16.8 Å². The molecule has 1 aromatic rings. The van der Waals surface area contributed by atoms with Crippen molar-refractivity contribution in [3.05, 3.63) is 27.9 Å². The maximum absolute atomic E-state index is 9.97. The highest BCUT2D eigenvalue weighted by Gasteiger charge is 2.52. The minimum absolute atomic E-state index is 0.119. The van der Waals surface area contributed by atoms with Gasteiger partial charge in [-0.05, 0) is 74.4 Å². The van der Waals surface area contributed by atoms with Crippen LogP contribution in [0.5, 0.6) is 5.75 Å². The van der Waals surface area contributed by atoms with Gasteiger partial charge in [0.05, 0.1) is 11.2 Å². The van der Waals surface area contributed by atoms with Gasteiger partial charge < -0.3 is 19.7 Å². The van der Waals surface area contributed by atoms with Crippen molar-refractivity contribution < 1.29 is 14.4 Å². The molecular weight excluding hydrogens is 347 g/mol. The molecule has 7 heteroatoms. The maximum Gasteiger partial charge on any atom is 0.491 e. The van der Waals surface area contributed by atoms with Crippen LogP contribution in [0.15, 0.2) is 22.2 Å². The maximum atomic E-state index is 9.97. The Morgan fingerprint density at radius 1 is 1.32 bits per heavy atom. The Morgan fingerprint density at radius 2 is 1.91 bits per heavy atom. The van der Waals surface area contributed by atoms with Crippen molar-refractivity contribution >= 4 is 29.1 Å². The Hall–Kier alpha value is -0.885. The summed E-state index contributed by atoms with van der Waals surface area (Å²) in [4.78, 5) is 4.29. The Balaban J connectivity index is 2.35. The van der Waals surface area contributed by atoms with Crippen LogP contribution in [0.1, 0.15) is 33.4 Å². The van der Waals surface area contributed by atoms with Crippen LogP contribution in [-0.2, 0) is 9.31 Å². The van der Waals surface area contributed by atoms with Crippen molar-refractivity contribution in [3.63, 3.8) is 0 Å². The third-order valence-corrected chi connectivity index (χ3v) is 4.57. The lowest BCUT2D eigenvalue weighted by molar-refractivity contribution is 0.00578. The smallest absolute Gasteiger partial charge is 0.491 e. The van der Waals surface area contributed by atoms with Crippen molar-refractivity contribution in [2.45, 2.75) is 38.9 Å². The molecular formula is C15H22BBrN2O3. The minimum Gasteiger partial charge on any atom is -0.506 e. The third-order valence-electron chi connectivity index (χ3n) is 4.13. The highest BCUT2D eigenvalue weighted by atomic mass is 79.9. The lowest BCUT2D eigenvalue weighted by atomic mass is 9.77. The first kappa shape index (κ1) is 17.5. The number of rotatable bonds is 4. The number of halogens is 1. The molecule has 0 unspecified atom stereocenters. The second-order valence-electron chi connectivity index (χ2n) is 6.38. The van der Waals surface area contributed by atoms with Crippen LogP contribution >= 0.6 is 15.9 Å². The van der Waals surface area contributed by atoms with Crippen molar-refractivity contribution in [2.24, 2.45) is 0 Å². The molecule has 0 spiro atoms. The number of nitrogens with one attached hydrogen (secondary N) is 1. The summed E-state index contributed by atoms with van der Waals surface area (Å²) in [5.41, 5.74) is 0.547. The lowest BCUT2D eigenvalue weighted by Gasteiger charge is -2.32. The van der Waals surface area contributed by atoms with E-state index in [-0.39, 0.29) is 5.75 Å². The molecule has 0 amide bonds. The van der Waals surface area contributed by atoms with Crippen LogP contribution in [0.2, 0.25) is 0 Å². The molecule has 1 aliphatic heterocycles. The molecule has 1 aliphatic rings. The van der Waals surface area contributed by atoms with E-state index in [2.05, 4.69) is 26.2 Å². The van der Waals surface area contributed by atoms with Gasteiger partial charge in [-0.1, -0.05) is 0 Å². The van der Waals surface area contributed by atoms with E-state index >= 15 is 0 Å². The Labute approximate surface area is 140 Å². The van der Waals surface area contributed by atoms with Gasteiger partial charge in [0.25, 0.3) is 0 Å². The van der Waals surface area contributed by atoms with Crippen LogP contribution < -0.4 is 5.32 Å². The number of aromatic nitrogens is 1. The van der Waals surface area contributed by atoms with Crippen molar-refractivity contribution in [2.75, 3.05) is 13.6 Å². The van der Waals surface area contributed by atoms with E-state index in [1.807, 2.05) is 34.7 Å². The van der Waals surface area contributed by atoms with Crippen LogP contribution in [0.3, 0.4) is 0 Å². The number of hydrogen-bond acceptors (Lipinski definition) is 5. The molecule has 1 aromatic heterocycles. The van der Waals surface area contributed by atoms with Crippen LogP contribution in [-0.4, -0.2) is 42.0 Å². The van der Waals surface area contributed by atoms with Gasteiger partial charge in [0, 0.05) is 6.54 Å². The van der Waals surface area contributed by atoms with Gasteiger partial charge in [-0.15, -0.1) is 0 Å². The highest BCUT2D eigenvalue weighted by molar-refractivity contribution is 9.10. The zero-order chi connectivity index (χ0) is 16.5. The highest BCUT2D eigenvalue weighted by Crippen LogP contribution is 2.39. The molecule has 2 heterocycles. The number of aromatic hydroxyl groups is 1. The van der Waals surface area contributed by atoms with Gasteiger partial charge >= 0.3 is 7.12 Å². The summed E-state index contributed by atoms with van der Waals surface area (Å²) in [6, 6.07) is 3.29. The first-order valence-electron chi connectivity index (χ1n) is 7.22. The largest absolute Gasteiger partial charge is 0.506 e. The normalized spacial score (nSPS) is 20.5. The molecule has 2 rings (SSSR count). The average molecular weight is 369 g/mol.